The van der Waals surface area contributed by atoms with E-state index in [4.69, 9.17) is 5.11 Å². The maximum atomic E-state index is 13.7. The van der Waals surface area contributed by atoms with Gasteiger partial charge in [0.05, 0.1) is 17.8 Å². The van der Waals surface area contributed by atoms with Crippen LogP contribution in [0.15, 0.2) is 30.5 Å². The minimum atomic E-state index is -0.622. The van der Waals surface area contributed by atoms with Crippen molar-refractivity contribution in [3.05, 3.63) is 53.1 Å². The van der Waals surface area contributed by atoms with Gasteiger partial charge in [-0.1, -0.05) is 11.8 Å². The number of carbonyl (C=O) groups excluding carboxylic acids is 1. The quantitative estimate of drug-likeness (QED) is 0.822. The van der Waals surface area contributed by atoms with E-state index in [9.17, 15) is 9.18 Å². The predicted molar refractivity (Wildman–Crippen MR) is 74.7 cm³/mol. The molecule has 21 heavy (non-hydrogen) atoms. The van der Waals surface area contributed by atoms with Crippen LogP contribution in [0.5, 0.6) is 0 Å². The molecule has 0 spiro atoms. The molecule has 0 atom stereocenters. The standard InChI is InChI=1S/C15H14FN3O2/c1-19-7-6-12(18-19)10-17-15(21)13-9-11(3-2-8-20)4-5-14(13)16/h4-7,9,20H,8,10H2,1H3,(H,17,21). The van der Waals surface area contributed by atoms with Crippen LogP contribution in [-0.4, -0.2) is 27.4 Å². The third kappa shape index (κ3) is 3.91. The largest absolute Gasteiger partial charge is 0.384 e. The van der Waals surface area contributed by atoms with Gasteiger partial charge in [-0.15, -0.1) is 0 Å². The summed E-state index contributed by atoms with van der Waals surface area (Å²) in [5.74, 6) is 3.92. The summed E-state index contributed by atoms with van der Waals surface area (Å²) in [6, 6.07) is 5.75. The molecule has 1 aromatic heterocycles. The SMILES string of the molecule is Cn1ccc(CNC(=O)c2cc(C#CCO)ccc2F)n1. The van der Waals surface area contributed by atoms with Gasteiger partial charge >= 0.3 is 0 Å². The number of aromatic nitrogens is 2. The molecule has 0 unspecified atom stereocenters. The van der Waals surface area contributed by atoms with Gasteiger partial charge in [-0.3, -0.25) is 9.48 Å². The second-order valence-electron chi connectivity index (χ2n) is 4.32. The van der Waals surface area contributed by atoms with Crippen LogP contribution in [0.2, 0.25) is 0 Å². The lowest BCUT2D eigenvalue weighted by molar-refractivity contribution is 0.0946. The Labute approximate surface area is 121 Å². The zero-order valence-electron chi connectivity index (χ0n) is 11.4. The molecule has 0 radical (unpaired) electrons. The van der Waals surface area contributed by atoms with Crippen molar-refractivity contribution in [1.82, 2.24) is 15.1 Å². The van der Waals surface area contributed by atoms with Crippen molar-refractivity contribution >= 4 is 5.91 Å². The van der Waals surface area contributed by atoms with Crippen LogP contribution < -0.4 is 5.32 Å². The average Bonchev–Trinajstić information content (AvgIpc) is 2.89. The highest BCUT2D eigenvalue weighted by Crippen LogP contribution is 2.10. The van der Waals surface area contributed by atoms with Crippen molar-refractivity contribution in [3.8, 4) is 11.8 Å². The minimum Gasteiger partial charge on any atom is -0.384 e. The van der Waals surface area contributed by atoms with E-state index in [-0.39, 0.29) is 18.7 Å². The molecule has 108 valence electrons. The molecule has 2 aromatic rings. The third-order valence-corrected chi connectivity index (χ3v) is 2.72. The smallest absolute Gasteiger partial charge is 0.254 e. The van der Waals surface area contributed by atoms with Crippen LogP contribution in [0.25, 0.3) is 0 Å². The molecule has 0 bridgehead atoms. The number of aliphatic hydroxyl groups excluding tert-OH is 1. The molecule has 6 heteroatoms. The highest BCUT2D eigenvalue weighted by Gasteiger charge is 2.12. The molecule has 0 aliphatic carbocycles. The Kier molecular flexibility index (Phi) is 4.69. The second-order valence-corrected chi connectivity index (χ2v) is 4.32. The molecule has 0 aliphatic heterocycles. The van der Waals surface area contributed by atoms with E-state index in [0.29, 0.717) is 11.3 Å². The maximum absolute atomic E-state index is 13.7. The van der Waals surface area contributed by atoms with Crippen molar-refractivity contribution in [3.63, 3.8) is 0 Å². The van der Waals surface area contributed by atoms with Gasteiger partial charge in [0.1, 0.15) is 12.4 Å². The van der Waals surface area contributed by atoms with Crippen molar-refractivity contribution < 1.29 is 14.3 Å². The van der Waals surface area contributed by atoms with E-state index in [2.05, 4.69) is 22.3 Å². The second kappa shape index (κ2) is 6.68. The molecule has 0 saturated carbocycles. The first kappa shape index (κ1) is 14.8. The highest BCUT2D eigenvalue weighted by molar-refractivity contribution is 5.94. The van der Waals surface area contributed by atoms with E-state index < -0.39 is 11.7 Å². The first-order valence-electron chi connectivity index (χ1n) is 6.26. The zero-order valence-corrected chi connectivity index (χ0v) is 11.4. The Morgan fingerprint density at radius 1 is 1.48 bits per heavy atom. The fourth-order valence-corrected chi connectivity index (χ4v) is 1.74. The van der Waals surface area contributed by atoms with E-state index in [1.54, 1.807) is 24.0 Å². The summed E-state index contributed by atoms with van der Waals surface area (Å²) in [6.07, 6.45) is 1.76. The molecule has 0 aliphatic rings. The van der Waals surface area contributed by atoms with Gasteiger partial charge in [-0.25, -0.2) is 4.39 Å². The highest BCUT2D eigenvalue weighted by atomic mass is 19.1. The molecule has 2 rings (SSSR count). The van der Waals surface area contributed by atoms with Crippen LogP contribution in [0.1, 0.15) is 21.6 Å². The number of rotatable bonds is 3. The molecule has 5 nitrogen and oxygen atoms in total. The summed E-state index contributed by atoms with van der Waals surface area (Å²) in [6.45, 7) is -0.0791. The lowest BCUT2D eigenvalue weighted by atomic mass is 10.1. The normalized spacial score (nSPS) is 9.86. The fraction of sp³-hybridized carbons (Fsp3) is 0.200. The summed E-state index contributed by atoms with van der Waals surface area (Å²) in [5, 5.41) is 15.4. The van der Waals surface area contributed by atoms with Crippen molar-refractivity contribution in [2.45, 2.75) is 6.54 Å². The van der Waals surface area contributed by atoms with Gasteiger partial charge in [0, 0.05) is 18.8 Å². The van der Waals surface area contributed by atoms with Gasteiger partial charge in [-0.05, 0) is 24.3 Å². The van der Waals surface area contributed by atoms with Crippen LogP contribution in [0, 0.1) is 17.7 Å². The van der Waals surface area contributed by atoms with Gasteiger partial charge in [0.2, 0.25) is 0 Å². The van der Waals surface area contributed by atoms with Gasteiger partial charge in [0.15, 0.2) is 0 Å². The Balaban J connectivity index is 2.10. The summed E-state index contributed by atoms with van der Waals surface area (Å²) in [5.41, 5.74) is 1.06. The lowest BCUT2D eigenvalue weighted by Gasteiger charge is -2.05. The monoisotopic (exact) mass is 287 g/mol. The number of carbonyl (C=O) groups is 1. The van der Waals surface area contributed by atoms with E-state index in [1.807, 2.05) is 0 Å². The Morgan fingerprint density at radius 3 is 2.95 bits per heavy atom. The Hall–Kier alpha value is -2.65. The number of hydrogen-bond acceptors (Lipinski definition) is 3. The topological polar surface area (TPSA) is 67.2 Å². The summed E-state index contributed by atoms with van der Waals surface area (Å²) in [7, 11) is 1.77. The number of aliphatic hydroxyl groups is 1. The summed E-state index contributed by atoms with van der Waals surface area (Å²) in [4.78, 5) is 12.0. The van der Waals surface area contributed by atoms with Crippen molar-refractivity contribution in [2.75, 3.05) is 6.61 Å². The fourth-order valence-electron chi connectivity index (χ4n) is 1.74. The van der Waals surface area contributed by atoms with E-state index in [0.717, 1.165) is 0 Å². The zero-order chi connectivity index (χ0) is 15.2. The molecule has 0 fully saturated rings. The van der Waals surface area contributed by atoms with Crippen LogP contribution in [0.4, 0.5) is 4.39 Å². The Bertz CT molecular complexity index is 713. The van der Waals surface area contributed by atoms with Gasteiger partial charge < -0.3 is 10.4 Å². The molecule has 2 N–H and O–H groups in total. The van der Waals surface area contributed by atoms with Crippen LogP contribution in [-0.2, 0) is 13.6 Å². The van der Waals surface area contributed by atoms with Crippen LogP contribution >= 0.6 is 0 Å². The third-order valence-electron chi connectivity index (χ3n) is 2.72. The van der Waals surface area contributed by atoms with Gasteiger partial charge in [-0.2, -0.15) is 5.10 Å². The number of nitrogens with one attached hydrogen (secondary N) is 1. The minimum absolute atomic E-state index is 0.0873. The predicted octanol–water partition coefficient (Wildman–Crippen LogP) is 0.833. The number of aryl methyl sites for hydroxylation is 1. The molecule has 1 aromatic carbocycles. The number of benzene rings is 1. The van der Waals surface area contributed by atoms with Crippen molar-refractivity contribution in [2.24, 2.45) is 7.05 Å². The van der Waals surface area contributed by atoms with E-state index >= 15 is 0 Å². The first-order valence-corrected chi connectivity index (χ1v) is 6.26. The molecular formula is C15H14FN3O2. The van der Waals surface area contributed by atoms with Crippen molar-refractivity contribution in [1.29, 1.82) is 0 Å². The summed E-state index contributed by atoms with van der Waals surface area (Å²) >= 11 is 0. The van der Waals surface area contributed by atoms with E-state index in [1.165, 1.54) is 18.2 Å². The number of nitrogens with zero attached hydrogens (tertiary/aromatic N) is 2. The van der Waals surface area contributed by atoms with Crippen LogP contribution in [0.3, 0.4) is 0 Å². The molecule has 1 heterocycles. The van der Waals surface area contributed by atoms with Gasteiger partial charge in [0.25, 0.3) is 5.91 Å². The average molecular weight is 287 g/mol. The molecule has 1 amide bonds. The lowest BCUT2D eigenvalue weighted by Crippen LogP contribution is -2.24. The first-order chi connectivity index (χ1) is 10.1. The molecule has 0 saturated heterocycles. The number of halogens is 1. The Morgan fingerprint density at radius 2 is 2.29 bits per heavy atom. The maximum Gasteiger partial charge on any atom is 0.254 e. The molecular weight excluding hydrogens is 273 g/mol. The number of amides is 1. The summed E-state index contributed by atoms with van der Waals surface area (Å²) < 4.78 is 15.3. The number of hydrogen-bond donors (Lipinski definition) is 2.